The third-order valence-electron chi connectivity index (χ3n) is 10.3. The van der Waals surface area contributed by atoms with Gasteiger partial charge in [-0.15, -0.1) is 0 Å². The Bertz CT molecular complexity index is 1860. The predicted octanol–water partition coefficient (Wildman–Crippen LogP) is 7.39. The van der Waals surface area contributed by atoms with Crippen LogP contribution in [-0.2, 0) is 25.5 Å². The van der Waals surface area contributed by atoms with E-state index < -0.39 is 57.2 Å². The van der Waals surface area contributed by atoms with E-state index in [1.165, 1.54) is 41.3 Å². The van der Waals surface area contributed by atoms with Gasteiger partial charge in [0, 0.05) is 30.7 Å². The fourth-order valence-electron chi connectivity index (χ4n) is 7.85. The van der Waals surface area contributed by atoms with E-state index in [-0.39, 0.29) is 17.0 Å². The Labute approximate surface area is 304 Å². The molecule has 3 unspecified atom stereocenters. The molecule has 1 N–H and O–H groups in total. The second-order valence-electron chi connectivity index (χ2n) is 15.1. The number of likely N-dealkylation sites (N-methyl/N-ethyl adjacent to an activating group) is 1. The summed E-state index contributed by atoms with van der Waals surface area (Å²) in [7, 11) is -3.59. The maximum absolute atomic E-state index is 16.9. The lowest BCUT2D eigenvalue weighted by atomic mass is 9.94. The van der Waals surface area contributed by atoms with Crippen LogP contribution in [0.2, 0.25) is 0 Å². The van der Waals surface area contributed by atoms with Crippen molar-refractivity contribution in [3.05, 3.63) is 66.2 Å². The first-order chi connectivity index (χ1) is 24.6. The number of ether oxygens (including phenoxy) is 3. The van der Waals surface area contributed by atoms with E-state index in [2.05, 4.69) is 5.32 Å². The SMILES string of the molecule is CCOc1ccc(C(F)(F)C(C(=O)N2C3CCC2CC(NC(=O)OC(C)(C)C)C3)N(C)S(=O)(=O)c2ccc3cc(OC4CCCC4)ccc3c2)cc1. The third-order valence-corrected chi connectivity index (χ3v) is 12.1. The fourth-order valence-corrected chi connectivity index (χ4v) is 9.19. The Kier molecular flexibility index (Phi) is 10.8. The highest BCUT2D eigenvalue weighted by atomic mass is 32.2. The molecular weight excluding hydrogens is 693 g/mol. The summed E-state index contributed by atoms with van der Waals surface area (Å²) in [6.45, 7) is 7.38. The summed E-state index contributed by atoms with van der Waals surface area (Å²) in [4.78, 5) is 28.3. The molecule has 10 nitrogen and oxygen atoms in total. The van der Waals surface area contributed by atoms with Crippen LogP contribution < -0.4 is 14.8 Å². The number of benzene rings is 3. The van der Waals surface area contributed by atoms with Gasteiger partial charge in [0.15, 0.2) is 6.04 Å². The van der Waals surface area contributed by atoms with E-state index in [1.54, 1.807) is 45.9 Å². The Morgan fingerprint density at radius 1 is 0.904 bits per heavy atom. The molecule has 52 heavy (non-hydrogen) atoms. The van der Waals surface area contributed by atoms with Crippen LogP contribution in [0.25, 0.3) is 10.8 Å². The number of rotatable bonds is 11. The molecule has 3 fully saturated rings. The Balaban J connectivity index is 1.30. The zero-order valence-electron chi connectivity index (χ0n) is 30.4. The smallest absolute Gasteiger partial charge is 0.407 e. The van der Waals surface area contributed by atoms with Crippen molar-refractivity contribution < 1.29 is 41.0 Å². The number of fused-ring (bicyclic) bond motifs is 3. The normalized spacial score (nSPS) is 21.7. The summed E-state index contributed by atoms with van der Waals surface area (Å²) in [5.41, 5.74) is -1.22. The molecule has 2 aliphatic heterocycles. The average Bonchev–Trinajstić information content (AvgIpc) is 3.69. The quantitative estimate of drug-likeness (QED) is 0.218. The highest BCUT2D eigenvalue weighted by Crippen LogP contribution is 2.43. The molecule has 3 aliphatic rings. The summed E-state index contributed by atoms with van der Waals surface area (Å²) in [5.74, 6) is -3.86. The molecule has 282 valence electrons. The van der Waals surface area contributed by atoms with Gasteiger partial charge in [-0.05, 0) is 138 Å². The van der Waals surface area contributed by atoms with Gasteiger partial charge in [-0.2, -0.15) is 13.1 Å². The molecule has 1 aliphatic carbocycles. The maximum Gasteiger partial charge on any atom is 0.407 e. The number of piperidine rings is 1. The number of amides is 2. The predicted molar refractivity (Wildman–Crippen MR) is 193 cm³/mol. The summed E-state index contributed by atoms with van der Waals surface area (Å²) in [6, 6.07) is 11.3. The van der Waals surface area contributed by atoms with Crippen LogP contribution in [0.15, 0.2) is 65.6 Å². The van der Waals surface area contributed by atoms with Gasteiger partial charge in [0.1, 0.15) is 17.1 Å². The van der Waals surface area contributed by atoms with Crippen LogP contribution in [0.1, 0.15) is 84.6 Å². The van der Waals surface area contributed by atoms with Crippen molar-refractivity contribution in [1.29, 1.82) is 0 Å². The number of alkyl halides is 2. The Morgan fingerprint density at radius 2 is 1.50 bits per heavy atom. The first-order valence-corrected chi connectivity index (χ1v) is 19.6. The molecule has 2 saturated heterocycles. The van der Waals surface area contributed by atoms with Crippen molar-refractivity contribution in [2.75, 3.05) is 13.7 Å². The van der Waals surface area contributed by atoms with Crippen molar-refractivity contribution in [1.82, 2.24) is 14.5 Å². The van der Waals surface area contributed by atoms with Crippen molar-refractivity contribution in [2.24, 2.45) is 0 Å². The zero-order valence-corrected chi connectivity index (χ0v) is 31.3. The van der Waals surface area contributed by atoms with Gasteiger partial charge in [-0.25, -0.2) is 13.2 Å². The third kappa shape index (κ3) is 8.00. The number of hydrogen-bond acceptors (Lipinski definition) is 7. The van der Waals surface area contributed by atoms with Gasteiger partial charge in [-0.3, -0.25) is 4.79 Å². The van der Waals surface area contributed by atoms with E-state index in [9.17, 15) is 18.0 Å². The maximum atomic E-state index is 16.9. The molecule has 3 atom stereocenters. The van der Waals surface area contributed by atoms with Gasteiger partial charge >= 0.3 is 6.09 Å². The molecule has 13 heteroatoms. The minimum absolute atomic E-state index is 0.152. The number of halogens is 2. The first-order valence-electron chi connectivity index (χ1n) is 18.2. The number of sulfonamides is 1. The topological polar surface area (TPSA) is 114 Å². The minimum Gasteiger partial charge on any atom is -0.494 e. The van der Waals surface area contributed by atoms with E-state index in [1.807, 2.05) is 6.07 Å². The van der Waals surface area contributed by atoms with Crippen molar-refractivity contribution in [2.45, 2.75) is 126 Å². The largest absolute Gasteiger partial charge is 0.494 e. The second-order valence-corrected chi connectivity index (χ2v) is 17.1. The Hall–Kier alpha value is -3.97. The number of nitrogens with zero attached hydrogens (tertiary/aromatic N) is 2. The molecule has 6 rings (SSSR count). The molecule has 2 amide bonds. The zero-order chi connectivity index (χ0) is 37.4. The van der Waals surface area contributed by atoms with Gasteiger partial charge in [0.2, 0.25) is 15.9 Å². The van der Waals surface area contributed by atoms with Gasteiger partial charge < -0.3 is 24.4 Å². The average molecular weight is 742 g/mol. The standard InChI is InChI=1S/C39H49F2N3O7S/c1-6-49-31-18-13-27(14-19-31)39(40,41)35(36(45)44-29-15-16-30(44)24-28(23-29)42-37(46)51-38(2,3)4)43(5)52(47,48)34-20-12-25-21-33(17-11-26(25)22-34)50-32-9-7-8-10-32/h11-14,17-22,28-30,32,35H,6-10,15-16,23-24H2,1-5H3,(H,42,46). The molecule has 0 radical (unpaired) electrons. The van der Waals surface area contributed by atoms with Crippen LogP contribution in [0, 0.1) is 0 Å². The van der Waals surface area contributed by atoms with Crippen LogP contribution in [0.4, 0.5) is 13.6 Å². The first kappa shape index (κ1) is 37.8. The number of alkyl carbamates (subject to hydrolysis) is 1. The molecule has 2 heterocycles. The van der Waals surface area contributed by atoms with E-state index >= 15 is 8.78 Å². The summed E-state index contributed by atoms with van der Waals surface area (Å²) in [6.07, 6.45) is 5.53. The van der Waals surface area contributed by atoms with E-state index in [0.29, 0.717) is 53.5 Å². The number of hydrogen-bond donors (Lipinski definition) is 1. The monoisotopic (exact) mass is 741 g/mol. The molecule has 1 saturated carbocycles. The van der Waals surface area contributed by atoms with Gasteiger partial charge in [-0.1, -0.05) is 12.1 Å². The molecular formula is C39H49F2N3O7S. The number of carbonyl (C=O) groups excluding carboxylic acids is 2. The van der Waals surface area contributed by atoms with Crippen LogP contribution in [0.5, 0.6) is 11.5 Å². The summed E-state index contributed by atoms with van der Waals surface area (Å²) < 4.78 is 79.9. The second kappa shape index (κ2) is 14.8. The molecule has 0 aromatic heterocycles. The lowest BCUT2D eigenvalue weighted by molar-refractivity contribution is -0.155. The molecule has 3 aromatic rings. The summed E-state index contributed by atoms with van der Waals surface area (Å²) >= 11 is 0. The molecule has 3 aromatic carbocycles. The van der Waals surface area contributed by atoms with Crippen molar-refractivity contribution in [3.8, 4) is 11.5 Å². The van der Waals surface area contributed by atoms with Gasteiger partial charge in [0.05, 0.1) is 17.6 Å². The lowest BCUT2D eigenvalue weighted by Crippen LogP contribution is -2.61. The molecule has 2 bridgehead atoms. The number of carbonyl (C=O) groups is 2. The number of nitrogens with one attached hydrogen (secondary N) is 1. The minimum atomic E-state index is -4.63. The van der Waals surface area contributed by atoms with E-state index in [0.717, 1.165) is 38.1 Å². The lowest BCUT2D eigenvalue weighted by Gasteiger charge is -2.43. The van der Waals surface area contributed by atoms with E-state index in [4.69, 9.17) is 14.2 Å². The molecule has 0 spiro atoms. The highest BCUT2D eigenvalue weighted by Gasteiger charge is 2.56. The fraction of sp³-hybridized carbons (Fsp3) is 0.538. The van der Waals surface area contributed by atoms with Crippen molar-refractivity contribution >= 4 is 32.8 Å². The van der Waals surface area contributed by atoms with Gasteiger partial charge in [0.25, 0.3) is 5.92 Å². The highest BCUT2D eigenvalue weighted by molar-refractivity contribution is 7.89. The summed E-state index contributed by atoms with van der Waals surface area (Å²) in [5, 5.41) is 4.20. The van der Waals surface area contributed by atoms with Crippen LogP contribution >= 0.6 is 0 Å². The van der Waals surface area contributed by atoms with Crippen molar-refractivity contribution in [3.63, 3.8) is 0 Å². The van der Waals surface area contributed by atoms with Crippen LogP contribution in [-0.4, -0.2) is 79.2 Å². The Morgan fingerprint density at radius 3 is 2.12 bits per heavy atom. The van der Waals surface area contributed by atoms with Crippen LogP contribution in [0.3, 0.4) is 0 Å².